The average Bonchev–Trinajstić information content (AvgIpc) is 2.20. The number of aliphatic imine (C=N–C) groups is 1. The Morgan fingerprint density at radius 3 is 2.29 bits per heavy atom. The van der Waals surface area contributed by atoms with Gasteiger partial charge in [-0.2, -0.15) is 0 Å². The summed E-state index contributed by atoms with van der Waals surface area (Å²) in [5.74, 6) is 0.719. The minimum absolute atomic E-state index is 0.282. The molecular weight excluding hydrogens is 281 g/mol. The predicted molar refractivity (Wildman–Crippen MR) is 76.4 cm³/mol. The highest BCUT2D eigenvalue weighted by Crippen LogP contribution is 2.33. The first-order valence-electron chi connectivity index (χ1n) is 5.11. The third-order valence-electron chi connectivity index (χ3n) is 1.89. The molecule has 0 aliphatic rings. The van der Waals surface area contributed by atoms with Gasteiger partial charge in [0.25, 0.3) is 0 Å². The van der Waals surface area contributed by atoms with E-state index in [0.717, 1.165) is 0 Å². The summed E-state index contributed by atoms with van der Waals surface area (Å²) in [6, 6.07) is 3.18. The van der Waals surface area contributed by atoms with E-state index >= 15 is 0 Å². The number of benzene rings is 1. The van der Waals surface area contributed by atoms with Gasteiger partial charge in [0.05, 0.1) is 15.7 Å². The minimum atomic E-state index is 0.282. The van der Waals surface area contributed by atoms with Gasteiger partial charge in [-0.15, -0.1) is 0 Å². The van der Waals surface area contributed by atoms with Crippen molar-refractivity contribution in [3.05, 3.63) is 27.2 Å². The fourth-order valence-electron chi connectivity index (χ4n) is 1.11. The van der Waals surface area contributed by atoms with Crippen LogP contribution in [0.15, 0.2) is 17.1 Å². The van der Waals surface area contributed by atoms with Crippen molar-refractivity contribution in [3.8, 4) is 0 Å². The van der Waals surface area contributed by atoms with Crippen LogP contribution >= 0.6 is 34.8 Å². The molecule has 17 heavy (non-hydrogen) atoms. The number of anilines is 1. The van der Waals surface area contributed by atoms with E-state index in [2.05, 4.69) is 24.2 Å². The number of hydrogen-bond acceptors (Lipinski definition) is 1. The van der Waals surface area contributed by atoms with Crippen LogP contribution in [0.1, 0.15) is 13.8 Å². The van der Waals surface area contributed by atoms with Crippen molar-refractivity contribution >= 4 is 46.4 Å². The van der Waals surface area contributed by atoms with Gasteiger partial charge in [-0.3, -0.25) is 4.99 Å². The topological polar surface area (TPSA) is 50.4 Å². The Morgan fingerprint density at radius 1 is 1.29 bits per heavy atom. The predicted octanol–water partition coefficient (Wildman–Crippen LogP) is 4.03. The van der Waals surface area contributed by atoms with E-state index < -0.39 is 0 Å². The Labute approximate surface area is 116 Å². The maximum Gasteiger partial charge on any atom is 0.193 e. The van der Waals surface area contributed by atoms with Crippen molar-refractivity contribution in [2.75, 3.05) is 11.9 Å². The summed E-state index contributed by atoms with van der Waals surface area (Å²) in [5, 5.41) is 4.16. The molecule has 3 N–H and O–H groups in total. The van der Waals surface area contributed by atoms with Gasteiger partial charge >= 0.3 is 0 Å². The monoisotopic (exact) mass is 293 g/mol. The number of guanidine groups is 1. The lowest BCUT2D eigenvalue weighted by atomic mass is 10.2. The zero-order chi connectivity index (χ0) is 13.0. The first-order valence-corrected chi connectivity index (χ1v) is 6.25. The Balaban J connectivity index is 2.85. The first-order chi connectivity index (χ1) is 7.90. The molecule has 1 rings (SSSR count). The standard InChI is InChI=1S/C11H14Cl3N3/c1-6(2)5-16-11(15)17-10-8(13)3-7(12)4-9(10)14/h3-4,6H,5H2,1-2H3,(H3,15,16,17). The molecule has 0 heterocycles. The Kier molecular flexibility index (Phi) is 5.37. The highest BCUT2D eigenvalue weighted by atomic mass is 35.5. The van der Waals surface area contributed by atoms with E-state index in [1.54, 1.807) is 12.1 Å². The highest BCUT2D eigenvalue weighted by Gasteiger charge is 2.08. The zero-order valence-electron chi connectivity index (χ0n) is 9.60. The number of halogens is 3. The van der Waals surface area contributed by atoms with Crippen LogP contribution in [-0.4, -0.2) is 12.5 Å². The SMILES string of the molecule is CC(C)CN=C(N)Nc1c(Cl)cc(Cl)cc1Cl. The van der Waals surface area contributed by atoms with Crippen molar-refractivity contribution in [1.82, 2.24) is 0 Å². The molecular formula is C11H14Cl3N3. The fourth-order valence-corrected chi connectivity index (χ4v) is 2.02. The Hall–Kier alpha value is -0.640. The Bertz CT molecular complexity index is 407. The molecule has 1 aromatic carbocycles. The first kappa shape index (κ1) is 14.4. The quantitative estimate of drug-likeness (QED) is 0.653. The van der Waals surface area contributed by atoms with E-state index in [4.69, 9.17) is 40.5 Å². The summed E-state index contributed by atoms with van der Waals surface area (Å²) in [4.78, 5) is 4.16. The molecule has 6 heteroatoms. The van der Waals surface area contributed by atoms with E-state index in [9.17, 15) is 0 Å². The Morgan fingerprint density at radius 2 is 1.82 bits per heavy atom. The highest BCUT2D eigenvalue weighted by molar-refractivity contribution is 6.42. The summed E-state index contributed by atoms with van der Waals surface area (Å²) in [6.45, 7) is 4.75. The molecule has 0 amide bonds. The summed E-state index contributed by atoms with van der Waals surface area (Å²) < 4.78 is 0. The van der Waals surface area contributed by atoms with Crippen LogP contribution < -0.4 is 11.1 Å². The van der Waals surface area contributed by atoms with Gasteiger partial charge in [-0.05, 0) is 18.1 Å². The lowest BCUT2D eigenvalue weighted by molar-refractivity contribution is 0.665. The van der Waals surface area contributed by atoms with Crippen molar-refractivity contribution in [3.63, 3.8) is 0 Å². The molecule has 0 bridgehead atoms. The molecule has 0 aromatic heterocycles. The molecule has 0 aliphatic heterocycles. The lowest BCUT2D eigenvalue weighted by Crippen LogP contribution is -2.23. The average molecular weight is 295 g/mol. The molecule has 0 atom stereocenters. The number of nitrogens with zero attached hydrogens (tertiary/aromatic N) is 1. The maximum atomic E-state index is 6.00. The van der Waals surface area contributed by atoms with Gasteiger partial charge in [0.2, 0.25) is 0 Å². The normalized spacial score (nSPS) is 12.0. The molecule has 0 fully saturated rings. The third kappa shape index (κ3) is 4.62. The van der Waals surface area contributed by atoms with Gasteiger partial charge < -0.3 is 11.1 Å². The summed E-state index contributed by atoms with van der Waals surface area (Å²) in [6.07, 6.45) is 0. The van der Waals surface area contributed by atoms with Crippen molar-refractivity contribution in [2.24, 2.45) is 16.6 Å². The van der Waals surface area contributed by atoms with Crippen LogP contribution in [-0.2, 0) is 0 Å². The molecule has 0 radical (unpaired) electrons. The summed E-state index contributed by atoms with van der Waals surface area (Å²) in [7, 11) is 0. The minimum Gasteiger partial charge on any atom is -0.370 e. The molecule has 0 saturated heterocycles. The van der Waals surface area contributed by atoms with Crippen LogP contribution in [0.5, 0.6) is 0 Å². The van der Waals surface area contributed by atoms with Crippen molar-refractivity contribution in [2.45, 2.75) is 13.8 Å². The molecule has 3 nitrogen and oxygen atoms in total. The number of nitrogens with two attached hydrogens (primary N) is 1. The molecule has 1 aromatic rings. The number of rotatable bonds is 3. The van der Waals surface area contributed by atoms with E-state index in [1.165, 1.54) is 0 Å². The van der Waals surface area contributed by atoms with Crippen molar-refractivity contribution < 1.29 is 0 Å². The van der Waals surface area contributed by atoms with Gasteiger partial charge in [0, 0.05) is 11.6 Å². The van der Waals surface area contributed by atoms with Crippen LogP contribution in [0.2, 0.25) is 15.1 Å². The second kappa shape index (κ2) is 6.34. The van der Waals surface area contributed by atoms with Crippen LogP contribution in [0.4, 0.5) is 5.69 Å². The second-order valence-electron chi connectivity index (χ2n) is 3.99. The van der Waals surface area contributed by atoms with E-state index in [1.807, 2.05) is 0 Å². The zero-order valence-corrected chi connectivity index (χ0v) is 11.9. The molecule has 0 spiro atoms. The van der Waals surface area contributed by atoms with Gasteiger partial charge in [0.15, 0.2) is 5.96 Å². The van der Waals surface area contributed by atoms with Crippen LogP contribution in [0, 0.1) is 5.92 Å². The molecule has 0 saturated carbocycles. The number of nitrogens with one attached hydrogen (secondary N) is 1. The van der Waals surface area contributed by atoms with E-state index in [-0.39, 0.29) is 5.96 Å². The second-order valence-corrected chi connectivity index (χ2v) is 5.24. The largest absolute Gasteiger partial charge is 0.370 e. The molecule has 94 valence electrons. The smallest absolute Gasteiger partial charge is 0.193 e. The van der Waals surface area contributed by atoms with Gasteiger partial charge in [-0.25, -0.2) is 0 Å². The third-order valence-corrected chi connectivity index (χ3v) is 2.70. The van der Waals surface area contributed by atoms with E-state index in [0.29, 0.717) is 33.2 Å². The van der Waals surface area contributed by atoms with Crippen LogP contribution in [0.3, 0.4) is 0 Å². The maximum absolute atomic E-state index is 6.00. The van der Waals surface area contributed by atoms with Crippen molar-refractivity contribution in [1.29, 1.82) is 0 Å². The van der Waals surface area contributed by atoms with Crippen LogP contribution in [0.25, 0.3) is 0 Å². The lowest BCUT2D eigenvalue weighted by Gasteiger charge is -2.10. The van der Waals surface area contributed by atoms with Gasteiger partial charge in [-0.1, -0.05) is 48.7 Å². The fraction of sp³-hybridized carbons (Fsp3) is 0.364. The summed E-state index contributed by atoms with van der Waals surface area (Å²) >= 11 is 17.8. The van der Waals surface area contributed by atoms with Gasteiger partial charge in [0.1, 0.15) is 0 Å². The molecule has 0 aliphatic carbocycles. The number of hydrogen-bond donors (Lipinski definition) is 2. The summed E-state index contributed by atoms with van der Waals surface area (Å²) in [5.41, 5.74) is 6.23. The molecule has 0 unspecified atom stereocenters.